The van der Waals surface area contributed by atoms with Crippen molar-refractivity contribution in [2.24, 2.45) is 11.3 Å². The summed E-state index contributed by atoms with van der Waals surface area (Å²) in [4.78, 5) is 0. The average Bonchev–Trinajstić information content (AvgIpc) is 2.90. The summed E-state index contributed by atoms with van der Waals surface area (Å²) >= 11 is 3.45. The molecule has 1 N–H and O–H groups in total. The third-order valence-corrected chi connectivity index (χ3v) is 4.96. The normalized spacial score (nSPS) is 17.3. The van der Waals surface area contributed by atoms with Crippen LogP contribution in [0.4, 0.5) is 0 Å². The first-order chi connectivity index (χ1) is 10.1. The molecule has 1 aliphatic carbocycles. The van der Waals surface area contributed by atoms with Crippen LogP contribution in [0.5, 0.6) is 5.75 Å². The average molecular weight is 354 g/mol. The number of ether oxygens (including phenoxy) is 1. The minimum absolute atomic E-state index is 0.463. The molecule has 1 fully saturated rings. The van der Waals surface area contributed by atoms with E-state index in [1.165, 1.54) is 25.7 Å². The van der Waals surface area contributed by atoms with Gasteiger partial charge in [-0.05, 0) is 61.4 Å². The zero-order valence-corrected chi connectivity index (χ0v) is 14.9. The highest BCUT2D eigenvalue weighted by atomic mass is 79.9. The summed E-state index contributed by atoms with van der Waals surface area (Å²) in [7, 11) is 0. The number of hydrogen-bond acceptors (Lipinski definition) is 2. The van der Waals surface area contributed by atoms with Crippen molar-refractivity contribution >= 4 is 15.9 Å². The van der Waals surface area contributed by atoms with E-state index in [0.29, 0.717) is 5.41 Å². The second kappa shape index (κ2) is 8.19. The van der Waals surface area contributed by atoms with Crippen LogP contribution in [0.1, 0.15) is 46.0 Å². The molecular formula is C18H28BrNO. The lowest BCUT2D eigenvalue weighted by atomic mass is 9.83. The molecule has 118 valence electrons. The summed E-state index contributed by atoms with van der Waals surface area (Å²) in [5.41, 5.74) is 0.463. The summed E-state index contributed by atoms with van der Waals surface area (Å²) in [6.45, 7) is 7.63. The number of rotatable bonds is 8. The molecule has 0 amide bonds. The molecule has 1 aromatic carbocycles. The van der Waals surface area contributed by atoms with Crippen LogP contribution in [0.25, 0.3) is 0 Å². The summed E-state index contributed by atoms with van der Waals surface area (Å²) in [6.07, 6.45) is 6.61. The van der Waals surface area contributed by atoms with E-state index in [1.807, 2.05) is 24.3 Å². The van der Waals surface area contributed by atoms with Crippen molar-refractivity contribution in [1.82, 2.24) is 5.32 Å². The van der Waals surface area contributed by atoms with Gasteiger partial charge in [0.25, 0.3) is 0 Å². The van der Waals surface area contributed by atoms with Crippen molar-refractivity contribution in [3.05, 3.63) is 28.7 Å². The van der Waals surface area contributed by atoms with Crippen LogP contribution in [-0.2, 0) is 0 Å². The molecule has 1 saturated carbocycles. The Morgan fingerprint density at radius 2 is 1.86 bits per heavy atom. The Morgan fingerprint density at radius 3 is 2.48 bits per heavy atom. The predicted molar refractivity (Wildman–Crippen MR) is 92.9 cm³/mol. The summed E-state index contributed by atoms with van der Waals surface area (Å²) in [6, 6.07) is 8.13. The topological polar surface area (TPSA) is 21.3 Å². The number of halogens is 1. The zero-order chi connectivity index (χ0) is 15.1. The van der Waals surface area contributed by atoms with Gasteiger partial charge in [-0.15, -0.1) is 0 Å². The van der Waals surface area contributed by atoms with Gasteiger partial charge >= 0.3 is 0 Å². The third-order valence-electron chi connectivity index (χ3n) is 4.43. The summed E-state index contributed by atoms with van der Waals surface area (Å²) < 4.78 is 7.02. The Balaban J connectivity index is 1.78. The molecule has 0 aromatic heterocycles. The van der Waals surface area contributed by atoms with Crippen LogP contribution in [0.15, 0.2) is 28.7 Å². The molecule has 0 aliphatic heterocycles. The van der Waals surface area contributed by atoms with Crippen molar-refractivity contribution in [1.29, 1.82) is 0 Å². The van der Waals surface area contributed by atoms with Gasteiger partial charge in [0.05, 0.1) is 6.61 Å². The molecule has 0 bridgehead atoms. The molecule has 1 aliphatic rings. The molecule has 0 radical (unpaired) electrons. The van der Waals surface area contributed by atoms with Crippen LogP contribution >= 0.6 is 15.9 Å². The standard InChI is InChI=1S/C18H28BrNO/c1-15(2)13-20-14-18(9-3-4-10-18)11-12-21-17-7-5-16(19)6-8-17/h5-8,15,20H,3-4,9-14H2,1-2H3. The Hall–Kier alpha value is -0.540. The predicted octanol–water partition coefficient (Wildman–Crippen LogP) is 5.02. The van der Waals surface area contributed by atoms with E-state index in [2.05, 4.69) is 35.1 Å². The van der Waals surface area contributed by atoms with Crippen LogP contribution in [-0.4, -0.2) is 19.7 Å². The van der Waals surface area contributed by atoms with E-state index in [1.54, 1.807) is 0 Å². The lowest BCUT2D eigenvalue weighted by molar-refractivity contribution is 0.191. The van der Waals surface area contributed by atoms with E-state index in [0.717, 1.165) is 42.3 Å². The van der Waals surface area contributed by atoms with Gasteiger partial charge in [0, 0.05) is 11.0 Å². The molecule has 0 heterocycles. The maximum atomic E-state index is 5.93. The molecule has 0 atom stereocenters. The second-order valence-corrected chi connectivity index (χ2v) is 7.70. The number of nitrogens with one attached hydrogen (secondary N) is 1. The molecule has 0 spiro atoms. The fourth-order valence-corrected chi connectivity index (χ4v) is 3.45. The van der Waals surface area contributed by atoms with Gasteiger partial charge in [-0.3, -0.25) is 0 Å². The molecule has 2 nitrogen and oxygen atoms in total. The second-order valence-electron chi connectivity index (χ2n) is 6.78. The highest BCUT2D eigenvalue weighted by Crippen LogP contribution is 2.40. The number of hydrogen-bond donors (Lipinski definition) is 1. The highest BCUT2D eigenvalue weighted by molar-refractivity contribution is 9.10. The van der Waals surface area contributed by atoms with Gasteiger partial charge in [0.1, 0.15) is 5.75 Å². The SMILES string of the molecule is CC(C)CNCC1(CCOc2ccc(Br)cc2)CCCC1. The lowest BCUT2D eigenvalue weighted by Gasteiger charge is -2.30. The Kier molecular flexibility index (Phi) is 6.56. The first-order valence-electron chi connectivity index (χ1n) is 8.19. The highest BCUT2D eigenvalue weighted by Gasteiger charge is 2.33. The smallest absolute Gasteiger partial charge is 0.119 e. The van der Waals surface area contributed by atoms with Crippen LogP contribution < -0.4 is 10.1 Å². The fraction of sp³-hybridized carbons (Fsp3) is 0.667. The van der Waals surface area contributed by atoms with E-state index in [-0.39, 0.29) is 0 Å². The van der Waals surface area contributed by atoms with Crippen molar-refractivity contribution in [3.8, 4) is 5.75 Å². The molecule has 21 heavy (non-hydrogen) atoms. The minimum atomic E-state index is 0.463. The maximum absolute atomic E-state index is 5.93. The van der Waals surface area contributed by atoms with Crippen LogP contribution in [0, 0.1) is 11.3 Å². The van der Waals surface area contributed by atoms with Gasteiger partial charge in [0.15, 0.2) is 0 Å². The van der Waals surface area contributed by atoms with E-state index in [9.17, 15) is 0 Å². The van der Waals surface area contributed by atoms with Gasteiger partial charge in [-0.2, -0.15) is 0 Å². The van der Waals surface area contributed by atoms with Crippen molar-refractivity contribution in [2.75, 3.05) is 19.7 Å². The van der Waals surface area contributed by atoms with Gasteiger partial charge in [-0.1, -0.05) is 42.6 Å². The van der Waals surface area contributed by atoms with Crippen molar-refractivity contribution < 1.29 is 4.74 Å². The van der Waals surface area contributed by atoms with Gasteiger partial charge < -0.3 is 10.1 Å². The first kappa shape index (κ1) is 16.8. The Morgan fingerprint density at radius 1 is 1.19 bits per heavy atom. The van der Waals surface area contributed by atoms with Crippen LogP contribution in [0.2, 0.25) is 0 Å². The van der Waals surface area contributed by atoms with Crippen molar-refractivity contribution in [3.63, 3.8) is 0 Å². The fourth-order valence-electron chi connectivity index (χ4n) is 3.18. The van der Waals surface area contributed by atoms with Crippen molar-refractivity contribution in [2.45, 2.75) is 46.0 Å². The molecule has 1 aromatic rings. The third kappa shape index (κ3) is 5.63. The molecular weight excluding hydrogens is 326 g/mol. The molecule has 0 unspecified atom stereocenters. The maximum Gasteiger partial charge on any atom is 0.119 e. The van der Waals surface area contributed by atoms with E-state index in [4.69, 9.17) is 4.74 Å². The Labute approximate surface area is 137 Å². The molecule has 0 saturated heterocycles. The Bertz CT molecular complexity index is 410. The molecule has 3 heteroatoms. The van der Waals surface area contributed by atoms with E-state index < -0.39 is 0 Å². The number of benzene rings is 1. The molecule has 2 rings (SSSR count). The van der Waals surface area contributed by atoms with Crippen LogP contribution in [0.3, 0.4) is 0 Å². The summed E-state index contributed by atoms with van der Waals surface area (Å²) in [5, 5.41) is 3.66. The monoisotopic (exact) mass is 353 g/mol. The summed E-state index contributed by atoms with van der Waals surface area (Å²) in [5.74, 6) is 1.70. The van der Waals surface area contributed by atoms with Gasteiger partial charge in [-0.25, -0.2) is 0 Å². The largest absolute Gasteiger partial charge is 0.494 e. The first-order valence-corrected chi connectivity index (χ1v) is 8.98. The van der Waals surface area contributed by atoms with E-state index >= 15 is 0 Å². The van der Waals surface area contributed by atoms with Gasteiger partial charge in [0.2, 0.25) is 0 Å². The zero-order valence-electron chi connectivity index (χ0n) is 13.3. The minimum Gasteiger partial charge on any atom is -0.494 e. The quantitative estimate of drug-likeness (QED) is 0.707. The lowest BCUT2D eigenvalue weighted by Crippen LogP contribution is -2.35.